The average Bonchev–Trinajstić information content (AvgIpc) is 2.60. The van der Waals surface area contributed by atoms with Crippen molar-refractivity contribution >= 4 is 11.6 Å². The minimum Gasteiger partial charge on any atom is -0.351 e. The van der Waals surface area contributed by atoms with E-state index in [-0.39, 0.29) is 0 Å². The maximum atomic E-state index is 9.17. The van der Waals surface area contributed by atoms with Gasteiger partial charge in [0.05, 0.1) is 11.7 Å². The molecular weight excluding hydrogens is 302 g/mol. The van der Waals surface area contributed by atoms with Gasteiger partial charge in [-0.1, -0.05) is 0 Å². The van der Waals surface area contributed by atoms with Gasteiger partial charge in [0.15, 0.2) is 17.3 Å². The van der Waals surface area contributed by atoms with Crippen LogP contribution in [0.5, 0.6) is 0 Å². The number of rotatable bonds is 3. The highest BCUT2D eigenvalue weighted by Gasteiger charge is 2.33. The molecule has 24 heavy (non-hydrogen) atoms. The molecule has 3 heterocycles. The van der Waals surface area contributed by atoms with Gasteiger partial charge in [-0.2, -0.15) is 10.4 Å². The zero-order valence-electron chi connectivity index (χ0n) is 13.7. The Morgan fingerprint density at radius 3 is 2.79 bits per heavy atom. The molecule has 2 aromatic heterocycles. The lowest BCUT2D eigenvalue weighted by atomic mass is 9.96. The Hall–Kier alpha value is -2.75. The van der Waals surface area contributed by atoms with Crippen molar-refractivity contribution in [2.75, 3.05) is 29.9 Å². The number of hydrogen-bond donors (Lipinski definition) is 0. The first-order valence-electron chi connectivity index (χ1n) is 8.30. The van der Waals surface area contributed by atoms with Crippen LogP contribution in [0, 0.1) is 11.3 Å². The van der Waals surface area contributed by atoms with Crippen molar-refractivity contribution in [1.29, 1.82) is 5.26 Å². The summed E-state index contributed by atoms with van der Waals surface area (Å²) >= 11 is 0. The molecule has 122 valence electrons. The molecule has 1 fully saturated rings. The van der Waals surface area contributed by atoms with Crippen LogP contribution in [0.3, 0.4) is 0 Å². The lowest BCUT2D eigenvalue weighted by molar-refractivity contribution is 0.485. The summed E-state index contributed by atoms with van der Waals surface area (Å²) in [5.74, 6) is 1.60. The number of aromatic nitrogens is 4. The first kappa shape index (κ1) is 14.8. The van der Waals surface area contributed by atoms with E-state index in [1.54, 1.807) is 12.4 Å². The molecule has 0 radical (unpaired) electrons. The lowest BCUT2D eigenvalue weighted by Crippen LogP contribution is -2.59. The fourth-order valence-electron chi connectivity index (χ4n) is 3.36. The highest BCUT2D eigenvalue weighted by molar-refractivity contribution is 5.53. The summed E-state index contributed by atoms with van der Waals surface area (Å²) in [6, 6.07) is 4.60. The standard InChI is InChI=1S/C17H19N7/c1-23(17-15(9-18)19-6-7-20-17)13-10-24(11-13)16-8-12-4-2-3-5-14(12)21-22-16/h6-8,13H,2-5,10-11H2,1H3. The molecule has 0 saturated carbocycles. The molecule has 0 atom stereocenters. The van der Waals surface area contributed by atoms with Crippen molar-refractivity contribution < 1.29 is 0 Å². The van der Waals surface area contributed by atoms with Crippen LogP contribution in [0.15, 0.2) is 18.5 Å². The lowest BCUT2D eigenvalue weighted by Gasteiger charge is -2.45. The summed E-state index contributed by atoms with van der Waals surface area (Å²) in [5, 5.41) is 18.0. The summed E-state index contributed by atoms with van der Waals surface area (Å²) < 4.78 is 0. The third-order valence-corrected chi connectivity index (χ3v) is 4.91. The molecule has 1 aliphatic carbocycles. The Bertz CT molecular complexity index is 792. The number of anilines is 2. The van der Waals surface area contributed by atoms with Crippen molar-refractivity contribution in [2.24, 2.45) is 0 Å². The summed E-state index contributed by atoms with van der Waals surface area (Å²) in [7, 11) is 1.96. The second-order valence-electron chi connectivity index (χ2n) is 6.39. The predicted molar refractivity (Wildman–Crippen MR) is 89.8 cm³/mol. The van der Waals surface area contributed by atoms with E-state index in [2.05, 4.69) is 37.2 Å². The fourth-order valence-corrected chi connectivity index (χ4v) is 3.36. The van der Waals surface area contributed by atoms with Crippen LogP contribution in [0.1, 0.15) is 29.8 Å². The molecule has 0 bridgehead atoms. The minimum absolute atomic E-state index is 0.298. The average molecular weight is 321 g/mol. The van der Waals surface area contributed by atoms with Gasteiger partial charge >= 0.3 is 0 Å². The van der Waals surface area contributed by atoms with E-state index >= 15 is 0 Å². The van der Waals surface area contributed by atoms with Crippen molar-refractivity contribution in [1.82, 2.24) is 20.2 Å². The van der Waals surface area contributed by atoms with E-state index in [0.29, 0.717) is 17.6 Å². The third-order valence-electron chi connectivity index (χ3n) is 4.91. The van der Waals surface area contributed by atoms with Gasteiger partial charge in [0.1, 0.15) is 6.07 Å². The highest BCUT2D eigenvalue weighted by atomic mass is 15.4. The first-order valence-corrected chi connectivity index (χ1v) is 8.30. The van der Waals surface area contributed by atoms with E-state index in [1.807, 2.05) is 11.9 Å². The normalized spacial score (nSPS) is 16.9. The molecule has 0 spiro atoms. The number of nitriles is 1. The van der Waals surface area contributed by atoms with Gasteiger partial charge in [-0.25, -0.2) is 9.97 Å². The molecular formula is C17H19N7. The summed E-state index contributed by atoms with van der Waals surface area (Å²) in [6.45, 7) is 1.71. The van der Waals surface area contributed by atoms with E-state index in [4.69, 9.17) is 0 Å². The van der Waals surface area contributed by atoms with Gasteiger partial charge in [-0.15, -0.1) is 5.10 Å². The monoisotopic (exact) mass is 321 g/mol. The summed E-state index contributed by atoms with van der Waals surface area (Å²) in [5.41, 5.74) is 2.88. The molecule has 2 aromatic rings. The largest absolute Gasteiger partial charge is 0.351 e. The van der Waals surface area contributed by atoms with Crippen LogP contribution >= 0.6 is 0 Å². The van der Waals surface area contributed by atoms with Gasteiger partial charge in [0.2, 0.25) is 0 Å². The van der Waals surface area contributed by atoms with E-state index < -0.39 is 0 Å². The van der Waals surface area contributed by atoms with Crippen LogP contribution in [-0.2, 0) is 12.8 Å². The molecule has 0 N–H and O–H groups in total. The third kappa shape index (κ3) is 2.54. The van der Waals surface area contributed by atoms with Crippen LogP contribution in [0.4, 0.5) is 11.6 Å². The molecule has 0 unspecified atom stereocenters. The van der Waals surface area contributed by atoms with Crippen molar-refractivity contribution in [3.8, 4) is 6.07 Å². The number of fused-ring (bicyclic) bond motifs is 1. The van der Waals surface area contributed by atoms with Crippen LogP contribution in [0.25, 0.3) is 0 Å². The number of nitrogens with zero attached hydrogens (tertiary/aromatic N) is 7. The molecule has 4 rings (SSSR count). The molecule has 7 nitrogen and oxygen atoms in total. The number of likely N-dealkylation sites (N-methyl/N-ethyl adjacent to an activating group) is 1. The molecule has 0 amide bonds. The Labute approximate surface area is 141 Å². The molecule has 1 saturated heterocycles. The zero-order valence-corrected chi connectivity index (χ0v) is 13.7. The number of aryl methyl sites for hydroxylation is 2. The van der Waals surface area contributed by atoms with Gasteiger partial charge in [-0.3, -0.25) is 0 Å². The predicted octanol–water partition coefficient (Wildman–Crippen LogP) is 1.34. The molecule has 1 aliphatic heterocycles. The SMILES string of the molecule is CN(c1nccnc1C#N)C1CN(c2cc3c(nn2)CCCC3)C1. The second kappa shape index (κ2) is 6.04. The number of hydrogen-bond acceptors (Lipinski definition) is 7. The maximum Gasteiger partial charge on any atom is 0.183 e. The van der Waals surface area contributed by atoms with Gasteiger partial charge < -0.3 is 9.80 Å². The van der Waals surface area contributed by atoms with E-state index in [0.717, 1.165) is 37.4 Å². The molecule has 2 aliphatic rings. The zero-order chi connectivity index (χ0) is 16.5. The van der Waals surface area contributed by atoms with Gasteiger partial charge in [0, 0.05) is 32.5 Å². The quantitative estimate of drug-likeness (QED) is 0.843. The van der Waals surface area contributed by atoms with Crippen molar-refractivity contribution in [3.63, 3.8) is 0 Å². The Kier molecular flexibility index (Phi) is 3.73. The minimum atomic E-state index is 0.298. The van der Waals surface area contributed by atoms with Crippen LogP contribution < -0.4 is 9.80 Å². The summed E-state index contributed by atoms with van der Waals surface area (Å²) in [6.07, 6.45) is 7.80. The molecule has 7 heteroatoms. The Morgan fingerprint density at radius 2 is 1.96 bits per heavy atom. The maximum absolute atomic E-state index is 9.17. The Balaban J connectivity index is 1.45. The van der Waals surface area contributed by atoms with Crippen LogP contribution in [0.2, 0.25) is 0 Å². The van der Waals surface area contributed by atoms with Crippen molar-refractivity contribution in [2.45, 2.75) is 31.7 Å². The highest BCUT2D eigenvalue weighted by Crippen LogP contribution is 2.27. The van der Waals surface area contributed by atoms with E-state index in [1.165, 1.54) is 18.4 Å². The van der Waals surface area contributed by atoms with E-state index in [9.17, 15) is 5.26 Å². The topological polar surface area (TPSA) is 81.8 Å². The van der Waals surface area contributed by atoms with Crippen LogP contribution in [-0.4, -0.2) is 46.3 Å². The van der Waals surface area contributed by atoms with Gasteiger partial charge in [0.25, 0.3) is 0 Å². The van der Waals surface area contributed by atoms with Gasteiger partial charge in [-0.05, 0) is 37.3 Å². The Morgan fingerprint density at radius 1 is 1.17 bits per heavy atom. The first-order chi connectivity index (χ1) is 11.8. The molecule has 0 aromatic carbocycles. The fraction of sp³-hybridized carbons (Fsp3) is 0.471. The summed E-state index contributed by atoms with van der Waals surface area (Å²) in [4.78, 5) is 12.6. The second-order valence-corrected chi connectivity index (χ2v) is 6.39. The smallest absolute Gasteiger partial charge is 0.183 e. The van der Waals surface area contributed by atoms with Crippen molar-refractivity contribution in [3.05, 3.63) is 35.4 Å².